The van der Waals surface area contributed by atoms with Gasteiger partial charge in [0.05, 0.1) is 30.7 Å². The Morgan fingerprint density at radius 1 is 0.817 bits per heavy atom. The van der Waals surface area contributed by atoms with E-state index >= 15 is 9.59 Å². The molecule has 11 N–H and O–H groups in total. The van der Waals surface area contributed by atoms with Gasteiger partial charge in [-0.15, -0.1) is 16.4 Å². The van der Waals surface area contributed by atoms with Gasteiger partial charge < -0.3 is 47.7 Å². The zero-order valence-corrected chi connectivity index (χ0v) is 40.2. The van der Waals surface area contributed by atoms with E-state index in [1.807, 2.05) is 66.0 Å². The highest BCUT2D eigenvalue weighted by Gasteiger charge is 2.46. The highest BCUT2D eigenvalue weighted by Crippen LogP contribution is 2.34. The molecule has 8 rings (SSSR count). The molecule has 1 unspecified atom stereocenters. The molecule has 376 valence electrons. The summed E-state index contributed by atoms with van der Waals surface area (Å²) in [5.74, 6) is -5.06. The monoisotopic (exact) mass is 990 g/mol. The van der Waals surface area contributed by atoms with E-state index in [0.717, 1.165) is 51.7 Å². The predicted molar refractivity (Wildman–Crippen MR) is 264 cm³/mol. The molecule has 0 radical (unpaired) electrons. The molecule has 7 amide bonds. The number of nitrogens with one attached hydrogen (secondary N) is 6. The molecule has 0 bridgehead atoms. The number of primary amides is 2. The Morgan fingerprint density at radius 2 is 1.56 bits per heavy atom. The number of rotatable bonds is 9. The fourth-order valence-electron chi connectivity index (χ4n) is 10.00. The summed E-state index contributed by atoms with van der Waals surface area (Å²) in [5.41, 5.74) is 15.5. The average molecular weight is 991 g/mol. The van der Waals surface area contributed by atoms with Crippen LogP contribution in [0.5, 0.6) is 0 Å². The number of para-hydroxylation sites is 1. The second-order valence-corrected chi connectivity index (χ2v) is 19.7. The summed E-state index contributed by atoms with van der Waals surface area (Å²) < 4.78 is 1.63. The smallest absolute Gasteiger partial charge is 0.246 e. The van der Waals surface area contributed by atoms with Crippen LogP contribution in [-0.4, -0.2) is 121 Å². The van der Waals surface area contributed by atoms with Gasteiger partial charge in [-0.2, -0.15) is 0 Å². The molecule has 2 aliphatic heterocycles. The summed E-state index contributed by atoms with van der Waals surface area (Å²) in [7, 11) is 0. The molecular weight excluding hydrogens is 929 g/mol. The third-order valence-electron chi connectivity index (χ3n) is 13.8. The minimum Gasteiger partial charge on any atom is -0.376 e. The first-order valence-corrected chi connectivity index (χ1v) is 25.3. The first kappa shape index (κ1) is 50.4. The predicted octanol–water partition coefficient (Wildman–Crippen LogP) is 2.29. The van der Waals surface area contributed by atoms with Gasteiger partial charge in [-0.1, -0.05) is 73.0 Å². The zero-order valence-electron chi connectivity index (χ0n) is 39.4. The van der Waals surface area contributed by atoms with Crippen LogP contribution in [0.3, 0.4) is 0 Å². The lowest BCUT2D eigenvalue weighted by molar-refractivity contribution is -0.144. The van der Waals surface area contributed by atoms with Crippen molar-refractivity contribution in [1.29, 1.82) is 0 Å². The molecule has 0 spiro atoms. The van der Waals surface area contributed by atoms with Gasteiger partial charge in [-0.05, 0) is 73.1 Å². The molecule has 5 heterocycles. The number of carbonyl (C=O) groups is 7. The maximum absolute atomic E-state index is 15.4. The molecule has 3 aliphatic rings. The van der Waals surface area contributed by atoms with E-state index in [-0.39, 0.29) is 51.1 Å². The fourth-order valence-corrected chi connectivity index (χ4v) is 10.7. The standard InChI is InChI=1S/C50H62N12O8S/c51-42(63)25-38-48(68)58-45(31-9-2-1-3-10-31)50(70)61-27-33(62-28-39(59-60-62)29-15-17-30(18-16-29)41-14-8-22-71-41)24-40(61)49(69)57-37(23-32-26-54-35-12-5-4-11-34(32)35)47(67)56-36(46(52)66)13-6-7-21-53-43(64)19-20-44(65)55-38/h4-5,8,11-12,14-18,22,26,28,31,33,36-38,40,45,47,54,56,67H,1-3,6-7,9-10,13,19-21,23-25,27H2,(H2,51,63)(H2,52,66)(H,53,64)(H,55,65)(H,57,69)(H,58,68)/t33-,36-,37-,38-,40-,45-,47?/m0/s1. The van der Waals surface area contributed by atoms with Gasteiger partial charge in [-0.3, -0.25) is 38.9 Å². The molecule has 1 aliphatic carbocycles. The highest BCUT2D eigenvalue weighted by molar-refractivity contribution is 7.13. The topological polar surface area (TPSA) is 302 Å². The molecule has 21 heteroatoms. The molecule has 20 nitrogen and oxygen atoms in total. The summed E-state index contributed by atoms with van der Waals surface area (Å²) >= 11 is 1.64. The van der Waals surface area contributed by atoms with Crippen LogP contribution in [0.2, 0.25) is 0 Å². The van der Waals surface area contributed by atoms with Gasteiger partial charge in [0.25, 0.3) is 0 Å². The lowest BCUT2D eigenvalue weighted by atomic mass is 9.83. The molecular formula is C50H62N12O8S. The van der Waals surface area contributed by atoms with Crippen molar-refractivity contribution in [2.45, 2.75) is 126 Å². The number of amides is 7. The number of fused-ring (bicyclic) bond motifs is 2. The molecule has 2 saturated heterocycles. The second-order valence-electron chi connectivity index (χ2n) is 18.8. The van der Waals surface area contributed by atoms with Crippen molar-refractivity contribution in [3.63, 3.8) is 0 Å². The number of aliphatic hydroxyl groups excluding tert-OH is 1. The van der Waals surface area contributed by atoms with E-state index in [4.69, 9.17) is 11.5 Å². The lowest BCUT2D eigenvalue weighted by Crippen LogP contribution is -2.61. The summed E-state index contributed by atoms with van der Waals surface area (Å²) in [6, 6.07) is 13.1. The number of nitrogens with two attached hydrogens (primary N) is 2. The largest absolute Gasteiger partial charge is 0.376 e. The maximum Gasteiger partial charge on any atom is 0.246 e. The number of aromatic nitrogens is 4. The Hall–Kier alpha value is -6.97. The van der Waals surface area contributed by atoms with Crippen molar-refractivity contribution in [3.8, 4) is 21.7 Å². The van der Waals surface area contributed by atoms with Gasteiger partial charge in [0.1, 0.15) is 30.0 Å². The number of H-pyrrole nitrogens is 1. The van der Waals surface area contributed by atoms with Gasteiger partial charge in [0.2, 0.25) is 41.4 Å². The van der Waals surface area contributed by atoms with E-state index in [0.29, 0.717) is 31.4 Å². The maximum atomic E-state index is 15.4. The van der Waals surface area contributed by atoms with Crippen LogP contribution in [0.4, 0.5) is 0 Å². The lowest BCUT2D eigenvalue weighted by Gasteiger charge is -2.36. The summed E-state index contributed by atoms with van der Waals surface area (Å²) in [4.78, 5) is 102. The van der Waals surface area contributed by atoms with E-state index in [2.05, 4.69) is 41.9 Å². The summed E-state index contributed by atoms with van der Waals surface area (Å²) in [6.45, 7) is 0.201. The van der Waals surface area contributed by atoms with E-state index in [9.17, 15) is 29.1 Å². The van der Waals surface area contributed by atoms with E-state index in [1.165, 1.54) is 4.90 Å². The molecule has 5 aromatic rings. The van der Waals surface area contributed by atoms with Gasteiger partial charge in [0.15, 0.2) is 0 Å². The van der Waals surface area contributed by atoms with Gasteiger partial charge in [-0.25, -0.2) is 4.68 Å². The second kappa shape index (κ2) is 23.3. The average Bonchev–Trinajstić information content (AvgIpc) is 4.22. The Balaban J connectivity index is 1.14. The first-order valence-electron chi connectivity index (χ1n) is 24.4. The number of benzene rings is 2. The normalized spacial score (nSPS) is 25.2. The van der Waals surface area contributed by atoms with Gasteiger partial charge in [0, 0.05) is 59.9 Å². The number of carbonyl (C=O) groups excluding carboxylic acids is 7. The minimum atomic E-state index is -1.52. The number of nitrogens with zero attached hydrogens (tertiary/aromatic N) is 4. The number of thiophene rings is 1. The van der Waals surface area contributed by atoms with Crippen LogP contribution < -0.4 is 38.1 Å². The molecule has 71 heavy (non-hydrogen) atoms. The third kappa shape index (κ3) is 12.7. The highest BCUT2D eigenvalue weighted by atomic mass is 32.1. The van der Waals surface area contributed by atoms with Crippen molar-refractivity contribution in [3.05, 3.63) is 84.0 Å². The third-order valence-corrected chi connectivity index (χ3v) is 14.8. The van der Waals surface area contributed by atoms with Crippen LogP contribution in [0, 0.1) is 5.92 Å². The Labute approximate surface area is 414 Å². The number of hydrogen-bond acceptors (Lipinski definition) is 12. The van der Waals surface area contributed by atoms with Crippen LogP contribution in [-0.2, 0) is 40.0 Å². The number of aliphatic hydroxyl groups is 1. The number of hydrogen-bond donors (Lipinski definition) is 9. The molecule has 7 atom stereocenters. The minimum absolute atomic E-state index is 0.0166. The van der Waals surface area contributed by atoms with Crippen LogP contribution in [0.1, 0.15) is 88.7 Å². The summed E-state index contributed by atoms with van der Waals surface area (Å²) in [6.07, 6.45) is 5.79. The van der Waals surface area contributed by atoms with E-state index < -0.39 is 90.3 Å². The molecule has 2 aromatic carbocycles. The van der Waals surface area contributed by atoms with E-state index in [1.54, 1.807) is 28.4 Å². The van der Waals surface area contributed by atoms with Crippen molar-refractivity contribution in [2.75, 3.05) is 13.1 Å². The molecule has 3 fully saturated rings. The number of aromatic amines is 1. The quantitative estimate of drug-likeness (QED) is 0.103. The fraction of sp³-hybridized carbons (Fsp3) is 0.460. The summed E-state index contributed by atoms with van der Waals surface area (Å²) in [5, 5.41) is 38.0. The van der Waals surface area contributed by atoms with Crippen LogP contribution in [0.15, 0.2) is 78.4 Å². The first-order chi connectivity index (χ1) is 34.3. The van der Waals surface area contributed by atoms with Crippen molar-refractivity contribution >= 4 is 63.6 Å². The molecule has 1 saturated carbocycles. The van der Waals surface area contributed by atoms with Crippen molar-refractivity contribution < 1.29 is 38.7 Å². The van der Waals surface area contributed by atoms with Crippen molar-refractivity contribution in [1.82, 2.24) is 51.5 Å². The van der Waals surface area contributed by atoms with Crippen LogP contribution in [0.25, 0.3) is 32.6 Å². The van der Waals surface area contributed by atoms with Crippen LogP contribution >= 0.6 is 11.3 Å². The Morgan fingerprint density at radius 3 is 2.31 bits per heavy atom. The van der Waals surface area contributed by atoms with Gasteiger partial charge >= 0.3 is 0 Å². The molecule has 3 aromatic heterocycles. The Kier molecular flexibility index (Phi) is 16.5. The van der Waals surface area contributed by atoms with Crippen molar-refractivity contribution in [2.24, 2.45) is 17.4 Å². The Bertz CT molecular complexity index is 2680. The SMILES string of the molecule is NC(=O)C[C@@H]1NC(=O)CCC(=O)NCCCC[C@@H](C(N)=O)NC(O)[C@H](Cc2c[nH]c3ccccc23)NC(=O)[C@@H]2C[C@H](n3cc(-c4ccc(-c5cccs5)cc4)nn3)CN2C(=O)[C@H](C2CCCCC2)NC1=O. The zero-order chi connectivity index (χ0) is 50.0.